The van der Waals surface area contributed by atoms with Crippen LogP contribution in [0.15, 0.2) is 36.4 Å². The zero-order valence-corrected chi connectivity index (χ0v) is 15.7. The summed E-state index contributed by atoms with van der Waals surface area (Å²) in [5, 5.41) is 3.28. The number of benzene rings is 2. The average Bonchev–Trinajstić information content (AvgIpc) is 2.58. The Balaban J connectivity index is 2.17. The van der Waals surface area contributed by atoms with Crippen LogP contribution >= 0.6 is 11.6 Å². The fraction of sp³-hybridized carbons (Fsp3) is 0.316. The van der Waals surface area contributed by atoms with E-state index in [1.54, 1.807) is 6.07 Å². The van der Waals surface area contributed by atoms with Gasteiger partial charge in [0.2, 0.25) is 0 Å². The Morgan fingerprint density at radius 3 is 2.48 bits per heavy atom. The maximum atomic E-state index is 12.6. The minimum atomic E-state index is -0.252. The molecule has 0 bridgehead atoms. The number of ether oxygens (including phenoxy) is 1. The molecule has 0 aliphatic heterocycles. The summed E-state index contributed by atoms with van der Waals surface area (Å²) in [5.41, 5.74) is 8.84. The molecule has 0 aliphatic carbocycles. The monoisotopic (exact) mass is 361 g/mol. The van der Waals surface area contributed by atoms with Crippen molar-refractivity contribution >= 4 is 23.2 Å². The van der Waals surface area contributed by atoms with Gasteiger partial charge in [0.25, 0.3) is 5.91 Å². The van der Waals surface area contributed by atoms with Gasteiger partial charge in [0.15, 0.2) is 0 Å². The number of likely N-dealkylation sites (N-methyl/N-ethyl adjacent to an activating group) is 1. The van der Waals surface area contributed by atoms with Crippen LogP contribution in [0.2, 0.25) is 5.02 Å². The number of amides is 1. The number of nitrogens with one attached hydrogen (secondary N) is 1. The fourth-order valence-corrected chi connectivity index (χ4v) is 2.75. The minimum absolute atomic E-state index is 0.0554. The lowest BCUT2D eigenvalue weighted by Crippen LogP contribution is -2.34. The highest BCUT2D eigenvalue weighted by atomic mass is 35.5. The van der Waals surface area contributed by atoms with E-state index in [0.29, 0.717) is 28.6 Å². The highest BCUT2D eigenvalue weighted by Gasteiger charge is 2.19. The van der Waals surface area contributed by atoms with Gasteiger partial charge in [0.1, 0.15) is 5.75 Å². The van der Waals surface area contributed by atoms with E-state index < -0.39 is 0 Å². The van der Waals surface area contributed by atoms with Gasteiger partial charge < -0.3 is 20.7 Å². The SMILES string of the molecule is COc1cc(N)c(Cl)cc1C(=O)NCC(c1ccc(C)cc1)N(C)C. The van der Waals surface area contributed by atoms with Crippen molar-refractivity contribution in [3.05, 3.63) is 58.1 Å². The Labute approximate surface area is 153 Å². The van der Waals surface area contributed by atoms with Gasteiger partial charge in [0.05, 0.1) is 29.4 Å². The van der Waals surface area contributed by atoms with Crippen LogP contribution in [0.25, 0.3) is 0 Å². The molecule has 3 N–H and O–H groups in total. The molecule has 2 rings (SSSR count). The number of methoxy groups -OCH3 is 1. The second-order valence-electron chi connectivity index (χ2n) is 6.17. The predicted molar refractivity (Wildman–Crippen MR) is 102 cm³/mol. The van der Waals surface area contributed by atoms with E-state index in [1.807, 2.05) is 21.0 Å². The number of nitrogens with zero attached hydrogens (tertiary/aromatic N) is 1. The van der Waals surface area contributed by atoms with Crippen LogP contribution in [-0.2, 0) is 0 Å². The van der Waals surface area contributed by atoms with Crippen LogP contribution < -0.4 is 15.8 Å². The van der Waals surface area contributed by atoms with Crippen molar-refractivity contribution in [3.8, 4) is 5.75 Å². The van der Waals surface area contributed by atoms with Crippen LogP contribution in [0, 0.1) is 6.92 Å². The number of anilines is 1. The van der Waals surface area contributed by atoms with E-state index in [4.69, 9.17) is 22.1 Å². The zero-order valence-electron chi connectivity index (χ0n) is 15.0. The van der Waals surface area contributed by atoms with Crippen molar-refractivity contribution in [2.24, 2.45) is 0 Å². The Hall–Kier alpha value is -2.24. The maximum Gasteiger partial charge on any atom is 0.255 e. The zero-order chi connectivity index (χ0) is 18.6. The molecule has 25 heavy (non-hydrogen) atoms. The molecular formula is C19H24ClN3O2. The minimum Gasteiger partial charge on any atom is -0.496 e. The smallest absolute Gasteiger partial charge is 0.255 e. The Kier molecular flexibility index (Phi) is 6.28. The molecule has 1 atom stereocenters. The van der Waals surface area contributed by atoms with E-state index in [9.17, 15) is 4.79 Å². The van der Waals surface area contributed by atoms with Crippen molar-refractivity contribution in [3.63, 3.8) is 0 Å². The molecule has 1 unspecified atom stereocenters. The van der Waals surface area contributed by atoms with E-state index in [1.165, 1.54) is 18.7 Å². The summed E-state index contributed by atoms with van der Waals surface area (Å²) in [7, 11) is 5.46. The molecule has 0 spiro atoms. The van der Waals surface area contributed by atoms with Gasteiger partial charge >= 0.3 is 0 Å². The summed E-state index contributed by atoms with van der Waals surface area (Å²) in [6.45, 7) is 2.51. The third-order valence-corrected chi connectivity index (χ3v) is 4.43. The third-order valence-electron chi connectivity index (χ3n) is 4.10. The Bertz CT molecular complexity index is 745. The number of carbonyl (C=O) groups is 1. The first kappa shape index (κ1) is 19.1. The largest absolute Gasteiger partial charge is 0.496 e. The molecule has 0 radical (unpaired) electrons. The Morgan fingerprint density at radius 2 is 1.92 bits per heavy atom. The van der Waals surface area contributed by atoms with Gasteiger partial charge in [0, 0.05) is 12.6 Å². The maximum absolute atomic E-state index is 12.6. The summed E-state index contributed by atoms with van der Waals surface area (Å²) >= 11 is 6.04. The molecule has 0 fully saturated rings. The normalized spacial score (nSPS) is 12.1. The Morgan fingerprint density at radius 1 is 1.28 bits per heavy atom. The lowest BCUT2D eigenvalue weighted by atomic mass is 10.0. The quantitative estimate of drug-likeness (QED) is 0.775. The molecule has 2 aromatic rings. The van der Waals surface area contributed by atoms with Crippen LogP contribution in [-0.4, -0.2) is 38.6 Å². The highest BCUT2D eigenvalue weighted by molar-refractivity contribution is 6.33. The predicted octanol–water partition coefficient (Wildman–Crippen LogP) is 3.27. The summed E-state index contributed by atoms with van der Waals surface area (Å²) in [6.07, 6.45) is 0. The van der Waals surface area contributed by atoms with E-state index in [-0.39, 0.29) is 11.9 Å². The topological polar surface area (TPSA) is 67.6 Å². The van der Waals surface area contributed by atoms with Gasteiger partial charge in [-0.3, -0.25) is 4.79 Å². The molecule has 5 nitrogen and oxygen atoms in total. The van der Waals surface area contributed by atoms with Gasteiger partial charge in [-0.1, -0.05) is 41.4 Å². The molecular weight excluding hydrogens is 338 g/mol. The molecule has 0 saturated heterocycles. The second-order valence-corrected chi connectivity index (χ2v) is 6.58. The fourth-order valence-electron chi connectivity index (χ4n) is 2.59. The van der Waals surface area contributed by atoms with E-state index in [0.717, 1.165) is 5.56 Å². The number of aryl methyl sites for hydroxylation is 1. The number of halogens is 1. The molecule has 1 amide bonds. The lowest BCUT2D eigenvalue weighted by molar-refractivity contribution is 0.0939. The molecule has 134 valence electrons. The molecule has 0 saturated carbocycles. The van der Waals surface area contributed by atoms with Crippen molar-refractivity contribution < 1.29 is 9.53 Å². The number of rotatable bonds is 6. The second kappa shape index (κ2) is 8.23. The van der Waals surface area contributed by atoms with Crippen LogP contribution in [0.3, 0.4) is 0 Å². The van der Waals surface area contributed by atoms with E-state index in [2.05, 4.69) is 34.5 Å². The number of hydrogen-bond donors (Lipinski definition) is 2. The third kappa shape index (κ3) is 4.65. The lowest BCUT2D eigenvalue weighted by Gasteiger charge is -2.25. The van der Waals surface area contributed by atoms with Gasteiger partial charge in [-0.2, -0.15) is 0 Å². The summed E-state index contributed by atoms with van der Waals surface area (Å²) in [5.74, 6) is 0.147. The standard InChI is InChI=1S/C19H24ClN3O2/c1-12-5-7-13(8-6-12)17(23(2)3)11-22-19(24)14-9-15(20)16(21)10-18(14)25-4/h5-10,17H,11,21H2,1-4H3,(H,22,24). The van der Waals surface area contributed by atoms with Crippen LogP contribution in [0.4, 0.5) is 5.69 Å². The van der Waals surface area contributed by atoms with Gasteiger partial charge in [-0.15, -0.1) is 0 Å². The number of hydrogen-bond acceptors (Lipinski definition) is 4. The summed E-state index contributed by atoms with van der Waals surface area (Å²) in [6, 6.07) is 11.4. The first-order valence-corrected chi connectivity index (χ1v) is 8.35. The average molecular weight is 362 g/mol. The molecule has 6 heteroatoms. The molecule has 0 heterocycles. The van der Waals surface area contributed by atoms with Crippen molar-refractivity contribution in [1.82, 2.24) is 10.2 Å². The molecule has 2 aromatic carbocycles. The van der Waals surface area contributed by atoms with Crippen LogP contribution in [0.5, 0.6) is 5.75 Å². The van der Waals surface area contributed by atoms with E-state index >= 15 is 0 Å². The van der Waals surface area contributed by atoms with Crippen molar-refractivity contribution in [2.45, 2.75) is 13.0 Å². The summed E-state index contributed by atoms with van der Waals surface area (Å²) < 4.78 is 5.24. The first-order valence-electron chi connectivity index (χ1n) is 7.97. The summed E-state index contributed by atoms with van der Waals surface area (Å²) in [4.78, 5) is 14.7. The number of nitrogen functional groups attached to an aromatic ring is 1. The van der Waals surface area contributed by atoms with Crippen molar-refractivity contribution in [2.75, 3.05) is 33.5 Å². The number of nitrogens with two attached hydrogens (primary N) is 1. The van der Waals surface area contributed by atoms with Crippen molar-refractivity contribution in [1.29, 1.82) is 0 Å². The number of carbonyl (C=O) groups excluding carboxylic acids is 1. The first-order chi connectivity index (χ1) is 11.8. The molecule has 0 aromatic heterocycles. The van der Waals surface area contributed by atoms with Gasteiger partial charge in [-0.25, -0.2) is 0 Å². The van der Waals surface area contributed by atoms with Crippen LogP contribution in [0.1, 0.15) is 27.5 Å². The highest BCUT2D eigenvalue weighted by Crippen LogP contribution is 2.29. The molecule has 0 aliphatic rings. The van der Waals surface area contributed by atoms with Gasteiger partial charge in [-0.05, 0) is 32.6 Å².